The molecule has 1 aromatic heterocycles. The van der Waals surface area contributed by atoms with Gasteiger partial charge >= 0.3 is 5.97 Å². The number of likely N-dealkylation sites (tertiary alicyclic amines) is 1. The number of carboxylic acids is 1. The number of aromatic nitrogens is 2. The molecule has 1 saturated carbocycles. The fraction of sp³-hybridized carbons (Fsp3) is 0.395. The first kappa shape index (κ1) is 35.3. The number of ether oxygens (including phenoxy) is 2. The maximum absolute atomic E-state index is 16.1. The van der Waals surface area contributed by atoms with Crippen LogP contribution in [0.15, 0.2) is 42.5 Å². The molecule has 4 aromatic rings. The van der Waals surface area contributed by atoms with E-state index in [0.29, 0.717) is 67.5 Å². The highest BCUT2D eigenvalue weighted by molar-refractivity contribution is 6.36. The molecular formula is C38H40Cl2FN5O5. The summed E-state index contributed by atoms with van der Waals surface area (Å²) in [7, 11) is 5.30. The summed E-state index contributed by atoms with van der Waals surface area (Å²) in [5, 5.41) is 12.9. The van der Waals surface area contributed by atoms with Crippen LogP contribution in [0.3, 0.4) is 0 Å². The number of benzene rings is 3. The standard InChI is InChI=1S/C38H40Cl2FN5O5/c1-21-24(25-8-6-10-28(31(25)40)43-36(47)35-42-29-20-44(2)15-12-30(29)45(35)3)7-5-9-26(21)38(13-14-38)51-34-27(39)17-23(33(50-4)32(34)41)19-46-16-11-22(18-46)37(48)49/h5-10,17,22H,11-16,18-20H2,1-4H3,(H,43,47)(H,48,49). The van der Waals surface area contributed by atoms with Crippen LogP contribution in [-0.4, -0.2) is 70.1 Å². The van der Waals surface area contributed by atoms with Crippen LogP contribution in [0.4, 0.5) is 10.1 Å². The first-order chi connectivity index (χ1) is 24.4. The predicted molar refractivity (Wildman–Crippen MR) is 193 cm³/mol. The molecule has 0 bridgehead atoms. The van der Waals surface area contributed by atoms with E-state index >= 15 is 4.39 Å². The molecule has 1 amide bonds. The summed E-state index contributed by atoms with van der Waals surface area (Å²) in [4.78, 5) is 33.7. The molecule has 7 rings (SSSR count). The zero-order valence-electron chi connectivity index (χ0n) is 29.0. The molecule has 1 atom stereocenters. The number of imidazole rings is 1. The number of carbonyl (C=O) groups is 2. The highest BCUT2D eigenvalue weighted by Crippen LogP contribution is 2.54. The molecule has 10 nitrogen and oxygen atoms in total. The third-order valence-corrected chi connectivity index (χ3v) is 11.1. The maximum atomic E-state index is 16.1. The number of hydrogen-bond acceptors (Lipinski definition) is 7. The van der Waals surface area contributed by atoms with Crippen LogP contribution in [0.1, 0.15) is 58.0 Å². The second kappa shape index (κ2) is 13.8. The van der Waals surface area contributed by atoms with Crippen LogP contribution >= 0.6 is 23.2 Å². The topological polar surface area (TPSA) is 109 Å². The number of halogens is 3. The van der Waals surface area contributed by atoms with Crippen molar-refractivity contribution in [2.24, 2.45) is 13.0 Å². The van der Waals surface area contributed by atoms with Crippen LogP contribution in [0.2, 0.25) is 10.0 Å². The lowest BCUT2D eigenvalue weighted by Gasteiger charge is -2.25. The lowest BCUT2D eigenvalue weighted by atomic mass is 9.92. The second-order valence-corrected chi connectivity index (χ2v) is 14.6. The molecule has 2 aliphatic heterocycles. The minimum atomic E-state index is -0.833. The van der Waals surface area contributed by atoms with Gasteiger partial charge in [-0.2, -0.15) is 4.39 Å². The van der Waals surface area contributed by atoms with Crippen molar-refractivity contribution >= 4 is 40.8 Å². The van der Waals surface area contributed by atoms with Gasteiger partial charge in [0.15, 0.2) is 17.3 Å². The molecular weight excluding hydrogens is 696 g/mol. The van der Waals surface area contributed by atoms with Crippen molar-refractivity contribution in [1.82, 2.24) is 19.4 Å². The molecule has 268 valence electrons. The zero-order valence-corrected chi connectivity index (χ0v) is 30.5. The molecule has 3 heterocycles. The van der Waals surface area contributed by atoms with Gasteiger partial charge in [-0.25, -0.2) is 4.98 Å². The largest absolute Gasteiger partial charge is 0.493 e. The Labute approximate surface area is 306 Å². The SMILES string of the molecule is COc1c(CN2CCC(C(=O)O)C2)cc(Cl)c(OC2(c3cccc(-c4cccc(NC(=O)c5nc6c(n5C)CCN(C)C6)c4Cl)c3C)CC2)c1F. The molecule has 1 saturated heterocycles. The highest BCUT2D eigenvalue weighted by Gasteiger charge is 2.49. The number of fused-ring (bicyclic) bond motifs is 1. The van der Waals surface area contributed by atoms with Gasteiger partial charge in [0.1, 0.15) is 5.60 Å². The first-order valence-corrected chi connectivity index (χ1v) is 17.8. The van der Waals surface area contributed by atoms with Gasteiger partial charge in [-0.15, -0.1) is 0 Å². The third kappa shape index (κ3) is 6.57. The van der Waals surface area contributed by atoms with E-state index in [9.17, 15) is 14.7 Å². The number of carboxylic acid groups (broad SMARTS) is 1. The number of carbonyl (C=O) groups excluding carboxylic acids is 1. The van der Waals surface area contributed by atoms with E-state index in [1.54, 1.807) is 12.1 Å². The average molecular weight is 737 g/mol. The van der Waals surface area contributed by atoms with Crippen LogP contribution in [0.25, 0.3) is 11.1 Å². The smallest absolute Gasteiger partial charge is 0.307 e. The van der Waals surface area contributed by atoms with Gasteiger partial charge in [-0.05, 0) is 68.6 Å². The monoisotopic (exact) mass is 735 g/mol. The number of aliphatic carboxylic acids is 1. The number of likely N-dealkylation sites (N-methyl/N-ethyl adjacent to an activating group) is 1. The van der Waals surface area contributed by atoms with Gasteiger partial charge in [0, 0.05) is 56.5 Å². The Hall–Kier alpha value is -4.16. The molecule has 0 radical (unpaired) electrons. The highest BCUT2D eigenvalue weighted by atomic mass is 35.5. The fourth-order valence-electron chi connectivity index (χ4n) is 7.52. The van der Waals surface area contributed by atoms with Crippen molar-refractivity contribution in [3.63, 3.8) is 0 Å². The Balaban J connectivity index is 1.14. The average Bonchev–Trinajstić information content (AvgIpc) is 3.59. The van der Waals surface area contributed by atoms with Crippen LogP contribution < -0.4 is 14.8 Å². The summed E-state index contributed by atoms with van der Waals surface area (Å²) in [5.41, 5.74) is 5.52. The van der Waals surface area contributed by atoms with E-state index in [1.165, 1.54) is 7.11 Å². The molecule has 51 heavy (non-hydrogen) atoms. The van der Waals surface area contributed by atoms with Gasteiger partial charge in [0.2, 0.25) is 5.82 Å². The molecule has 2 N–H and O–H groups in total. The van der Waals surface area contributed by atoms with Gasteiger partial charge in [-0.1, -0.05) is 53.5 Å². The van der Waals surface area contributed by atoms with Gasteiger partial charge < -0.3 is 29.4 Å². The van der Waals surface area contributed by atoms with E-state index in [2.05, 4.69) is 15.2 Å². The summed E-state index contributed by atoms with van der Waals surface area (Å²) in [6.45, 7) is 4.84. The van der Waals surface area contributed by atoms with Crippen molar-refractivity contribution in [2.45, 2.75) is 51.3 Å². The second-order valence-electron chi connectivity index (χ2n) is 13.8. The number of nitrogens with zero attached hydrogens (tertiary/aromatic N) is 4. The van der Waals surface area contributed by atoms with E-state index in [1.807, 2.05) is 60.8 Å². The summed E-state index contributed by atoms with van der Waals surface area (Å²) < 4.78 is 30.0. The maximum Gasteiger partial charge on any atom is 0.307 e. The Morgan fingerprint density at radius 3 is 2.55 bits per heavy atom. The molecule has 1 unspecified atom stereocenters. The van der Waals surface area contributed by atoms with Crippen molar-refractivity contribution < 1.29 is 28.6 Å². The van der Waals surface area contributed by atoms with Crippen LogP contribution in [-0.2, 0) is 37.0 Å². The summed E-state index contributed by atoms with van der Waals surface area (Å²) in [6.07, 6.45) is 2.65. The quantitative estimate of drug-likeness (QED) is 0.178. The van der Waals surface area contributed by atoms with E-state index in [4.69, 9.17) is 32.7 Å². The molecule has 0 spiro atoms. The molecule has 13 heteroatoms. The summed E-state index contributed by atoms with van der Waals surface area (Å²) >= 11 is 13.7. The normalized spacial score (nSPS) is 18.4. The number of anilines is 1. The lowest BCUT2D eigenvalue weighted by Crippen LogP contribution is -2.27. The summed E-state index contributed by atoms with van der Waals surface area (Å²) in [6, 6.07) is 13.0. The third-order valence-electron chi connectivity index (χ3n) is 10.4. The molecule has 3 aliphatic rings. The molecule has 1 aliphatic carbocycles. The van der Waals surface area contributed by atoms with Crippen LogP contribution in [0, 0.1) is 18.7 Å². The number of rotatable bonds is 10. The van der Waals surface area contributed by atoms with Crippen LogP contribution in [0.5, 0.6) is 11.5 Å². The van der Waals surface area contributed by atoms with Gasteiger partial charge in [-0.3, -0.25) is 14.5 Å². The molecule has 3 aromatic carbocycles. The van der Waals surface area contributed by atoms with Crippen molar-refractivity contribution in [1.29, 1.82) is 0 Å². The number of hydrogen-bond donors (Lipinski definition) is 2. The van der Waals surface area contributed by atoms with Gasteiger partial charge in [0.05, 0.1) is 34.5 Å². The van der Waals surface area contributed by atoms with Crippen molar-refractivity contribution in [3.8, 4) is 22.6 Å². The van der Waals surface area contributed by atoms with E-state index in [-0.39, 0.29) is 22.4 Å². The van der Waals surface area contributed by atoms with E-state index < -0.39 is 23.3 Å². The van der Waals surface area contributed by atoms with Gasteiger partial charge in [0.25, 0.3) is 5.91 Å². The Kier molecular flexibility index (Phi) is 9.51. The number of amides is 1. The minimum absolute atomic E-state index is 0.0261. The van der Waals surface area contributed by atoms with Crippen molar-refractivity contribution in [2.75, 3.05) is 39.1 Å². The summed E-state index contributed by atoms with van der Waals surface area (Å²) in [5.74, 6) is -2.05. The Morgan fingerprint density at radius 1 is 1.10 bits per heavy atom. The number of methoxy groups -OCH3 is 1. The predicted octanol–water partition coefficient (Wildman–Crippen LogP) is 7.06. The number of nitrogens with one attached hydrogen (secondary N) is 1. The fourth-order valence-corrected chi connectivity index (χ4v) is 8.04. The first-order valence-electron chi connectivity index (χ1n) is 17.0. The van der Waals surface area contributed by atoms with E-state index in [0.717, 1.165) is 46.6 Å². The zero-order chi connectivity index (χ0) is 36.2. The van der Waals surface area contributed by atoms with Crippen molar-refractivity contribution in [3.05, 3.63) is 92.2 Å². The lowest BCUT2D eigenvalue weighted by molar-refractivity contribution is -0.141. The Morgan fingerprint density at radius 2 is 1.84 bits per heavy atom. The molecule has 2 fully saturated rings. The minimum Gasteiger partial charge on any atom is -0.493 e. The Bertz CT molecular complexity index is 2050.